The summed E-state index contributed by atoms with van der Waals surface area (Å²) in [6.07, 6.45) is 0.908. The van der Waals surface area contributed by atoms with E-state index in [0.29, 0.717) is 25.0 Å². The molecule has 112 valence electrons. The fourth-order valence-corrected chi connectivity index (χ4v) is 1.79. The SMILES string of the molecule is COCC(C)N(C)CCCOc1ccc(C(=O)O)cc1. The number of carboxylic acid groups (broad SMARTS) is 1. The first-order chi connectivity index (χ1) is 9.54. The van der Waals surface area contributed by atoms with E-state index in [1.807, 2.05) is 0 Å². The Kier molecular flexibility index (Phi) is 7.04. The number of aromatic carboxylic acids is 1. The van der Waals surface area contributed by atoms with Gasteiger partial charge in [0, 0.05) is 19.7 Å². The van der Waals surface area contributed by atoms with Gasteiger partial charge >= 0.3 is 5.97 Å². The number of carboxylic acids is 1. The molecule has 0 heterocycles. The highest BCUT2D eigenvalue weighted by atomic mass is 16.5. The number of carbonyl (C=O) groups is 1. The molecule has 0 aromatic heterocycles. The number of nitrogens with zero attached hydrogens (tertiary/aromatic N) is 1. The maximum atomic E-state index is 10.7. The molecule has 1 aromatic rings. The summed E-state index contributed by atoms with van der Waals surface area (Å²) in [7, 11) is 3.76. The zero-order chi connectivity index (χ0) is 15.0. The molecular weight excluding hydrogens is 258 g/mol. The normalized spacial score (nSPS) is 12.4. The van der Waals surface area contributed by atoms with Crippen LogP contribution in [-0.4, -0.2) is 55.9 Å². The van der Waals surface area contributed by atoms with Gasteiger partial charge in [0.05, 0.1) is 18.8 Å². The summed E-state index contributed by atoms with van der Waals surface area (Å²) in [5, 5.41) is 8.79. The lowest BCUT2D eigenvalue weighted by atomic mass is 10.2. The number of likely N-dealkylation sites (N-methyl/N-ethyl adjacent to an activating group) is 1. The molecule has 5 heteroatoms. The lowest BCUT2D eigenvalue weighted by Crippen LogP contribution is -2.34. The van der Waals surface area contributed by atoms with Crippen molar-refractivity contribution in [2.24, 2.45) is 0 Å². The standard InChI is InChI=1S/C15H23NO4/c1-12(11-19-3)16(2)9-4-10-20-14-7-5-13(6-8-14)15(17)18/h5-8,12H,4,9-11H2,1-3H3,(H,17,18). The van der Waals surface area contributed by atoms with Crippen molar-refractivity contribution in [2.45, 2.75) is 19.4 Å². The molecule has 1 unspecified atom stereocenters. The van der Waals surface area contributed by atoms with E-state index in [1.54, 1.807) is 31.4 Å². The van der Waals surface area contributed by atoms with E-state index >= 15 is 0 Å². The molecule has 1 atom stereocenters. The highest BCUT2D eigenvalue weighted by Gasteiger charge is 2.08. The van der Waals surface area contributed by atoms with Crippen molar-refractivity contribution in [3.8, 4) is 5.75 Å². The van der Waals surface area contributed by atoms with Crippen molar-refractivity contribution in [3.63, 3.8) is 0 Å². The number of hydrogen-bond acceptors (Lipinski definition) is 4. The van der Waals surface area contributed by atoms with Crippen LogP contribution in [-0.2, 0) is 4.74 Å². The molecule has 0 fully saturated rings. The van der Waals surface area contributed by atoms with Crippen LogP contribution in [0.5, 0.6) is 5.75 Å². The van der Waals surface area contributed by atoms with Crippen LogP contribution in [0, 0.1) is 0 Å². The van der Waals surface area contributed by atoms with Gasteiger partial charge in [0.15, 0.2) is 0 Å². The van der Waals surface area contributed by atoms with E-state index in [4.69, 9.17) is 14.6 Å². The minimum Gasteiger partial charge on any atom is -0.494 e. The Morgan fingerprint density at radius 2 is 2.00 bits per heavy atom. The quantitative estimate of drug-likeness (QED) is 0.703. The summed E-state index contributed by atoms with van der Waals surface area (Å²) in [6, 6.07) is 6.84. The Morgan fingerprint density at radius 1 is 1.35 bits per heavy atom. The molecular formula is C15H23NO4. The topological polar surface area (TPSA) is 59.0 Å². The molecule has 5 nitrogen and oxygen atoms in total. The van der Waals surface area contributed by atoms with Gasteiger partial charge in [-0.1, -0.05) is 0 Å². The van der Waals surface area contributed by atoms with Gasteiger partial charge in [0.2, 0.25) is 0 Å². The van der Waals surface area contributed by atoms with E-state index in [0.717, 1.165) is 13.0 Å². The number of ether oxygens (including phenoxy) is 2. The van der Waals surface area contributed by atoms with E-state index < -0.39 is 5.97 Å². The van der Waals surface area contributed by atoms with Gasteiger partial charge in [-0.05, 0) is 44.7 Å². The largest absolute Gasteiger partial charge is 0.494 e. The second-order valence-corrected chi connectivity index (χ2v) is 4.82. The second-order valence-electron chi connectivity index (χ2n) is 4.82. The smallest absolute Gasteiger partial charge is 0.335 e. The first-order valence-electron chi connectivity index (χ1n) is 6.70. The van der Waals surface area contributed by atoms with Gasteiger partial charge in [-0.25, -0.2) is 4.79 Å². The summed E-state index contributed by atoms with van der Waals surface area (Å²) in [5.74, 6) is -0.229. The average molecular weight is 281 g/mol. The minimum atomic E-state index is -0.926. The molecule has 0 amide bonds. The molecule has 20 heavy (non-hydrogen) atoms. The van der Waals surface area contributed by atoms with Crippen molar-refractivity contribution in [3.05, 3.63) is 29.8 Å². The molecule has 0 spiro atoms. The fraction of sp³-hybridized carbons (Fsp3) is 0.533. The van der Waals surface area contributed by atoms with Gasteiger partial charge in [0.25, 0.3) is 0 Å². The third kappa shape index (κ3) is 5.59. The Labute approximate surface area is 120 Å². The third-order valence-electron chi connectivity index (χ3n) is 3.19. The average Bonchev–Trinajstić information content (AvgIpc) is 2.44. The maximum absolute atomic E-state index is 10.7. The number of rotatable bonds is 9. The summed E-state index contributed by atoms with van der Waals surface area (Å²) >= 11 is 0. The van der Waals surface area contributed by atoms with Crippen molar-refractivity contribution in [1.29, 1.82) is 0 Å². The summed E-state index contributed by atoms with van der Waals surface area (Å²) in [5.41, 5.74) is 0.269. The van der Waals surface area contributed by atoms with E-state index in [-0.39, 0.29) is 5.56 Å². The lowest BCUT2D eigenvalue weighted by molar-refractivity contribution is 0.0697. The Hall–Kier alpha value is -1.59. The molecule has 0 aliphatic rings. The predicted octanol–water partition coefficient (Wildman–Crippen LogP) is 2.12. The highest BCUT2D eigenvalue weighted by molar-refractivity contribution is 5.87. The lowest BCUT2D eigenvalue weighted by Gasteiger charge is -2.23. The van der Waals surface area contributed by atoms with Crippen LogP contribution in [0.25, 0.3) is 0 Å². The number of methoxy groups -OCH3 is 1. The van der Waals surface area contributed by atoms with Crippen LogP contribution in [0.15, 0.2) is 24.3 Å². The second kappa shape index (κ2) is 8.55. The zero-order valence-electron chi connectivity index (χ0n) is 12.3. The van der Waals surface area contributed by atoms with Gasteiger partial charge < -0.3 is 19.5 Å². The van der Waals surface area contributed by atoms with E-state index in [2.05, 4.69) is 18.9 Å². The molecule has 0 saturated heterocycles. The van der Waals surface area contributed by atoms with Crippen LogP contribution in [0.3, 0.4) is 0 Å². The van der Waals surface area contributed by atoms with Crippen molar-refractivity contribution >= 4 is 5.97 Å². The maximum Gasteiger partial charge on any atom is 0.335 e. The minimum absolute atomic E-state index is 0.269. The summed E-state index contributed by atoms with van der Waals surface area (Å²) in [4.78, 5) is 12.9. The number of benzene rings is 1. The van der Waals surface area contributed by atoms with E-state index in [1.165, 1.54) is 0 Å². The predicted molar refractivity (Wildman–Crippen MR) is 77.5 cm³/mol. The molecule has 0 aliphatic carbocycles. The van der Waals surface area contributed by atoms with Crippen LogP contribution in [0.1, 0.15) is 23.7 Å². The Bertz CT molecular complexity index is 405. The molecule has 1 N–H and O–H groups in total. The van der Waals surface area contributed by atoms with Crippen LogP contribution in [0.2, 0.25) is 0 Å². The highest BCUT2D eigenvalue weighted by Crippen LogP contribution is 2.12. The van der Waals surface area contributed by atoms with Crippen LogP contribution >= 0.6 is 0 Å². The molecule has 1 aromatic carbocycles. The van der Waals surface area contributed by atoms with E-state index in [9.17, 15) is 4.79 Å². The molecule has 0 aliphatic heterocycles. The van der Waals surface area contributed by atoms with Crippen LogP contribution < -0.4 is 4.74 Å². The molecule has 1 rings (SSSR count). The fourth-order valence-electron chi connectivity index (χ4n) is 1.79. The third-order valence-corrected chi connectivity index (χ3v) is 3.19. The Balaban J connectivity index is 2.25. The van der Waals surface area contributed by atoms with Crippen LogP contribution in [0.4, 0.5) is 0 Å². The summed E-state index contributed by atoms with van der Waals surface area (Å²) in [6.45, 7) is 4.37. The van der Waals surface area contributed by atoms with Gasteiger partial charge in [-0.2, -0.15) is 0 Å². The first-order valence-corrected chi connectivity index (χ1v) is 6.70. The molecule has 0 bridgehead atoms. The number of hydrogen-bond donors (Lipinski definition) is 1. The van der Waals surface area contributed by atoms with Gasteiger partial charge in [-0.15, -0.1) is 0 Å². The van der Waals surface area contributed by atoms with Crippen molar-refractivity contribution < 1.29 is 19.4 Å². The van der Waals surface area contributed by atoms with Crippen molar-refractivity contribution in [1.82, 2.24) is 4.90 Å². The van der Waals surface area contributed by atoms with Crippen molar-refractivity contribution in [2.75, 3.05) is 33.9 Å². The van der Waals surface area contributed by atoms with Gasteiger partial charge in [-0.3, -0.25) is 0 Å². The zero-order valence-corrected chi connectivity index (χ0v) is 12.3. The molecule has 0 saturated carbocycles. The summed E-state index contributed by atoms with van der Waals surface area (Å²) < 4.78 is 10.7. The van der Waals surface area contributed by atoms with Gasteiger partial charge in [0.1, 0.15) is 5.75 Å². The first kappa shape index (κ1) is 16.5. The molecule has 0 radical (unpaired) electrons. The Morgan fingerprint density at radius 3 is 2.55 bits per heavy atom. The monoisotopic (exact) mass is 281 g/mol.